The van der Waals surface area contributed by atoms with Crippen LogP contribution in [0.5, 0.6) is 0 Å². The minimum absolute atomic E-state index is 0.0308. The maximum Gasteiger partial charge on any atom is 0.333 e. The molecule has 1 aromatic carbocycles. The van der Waals surface area contributed by atoms with E-state index < -0.39 is 47.1 Å². The van der Waals surface area contributed by atoms with Crippen LogP contribution in [0.4, 0.5) is 0 Å². The number of amides is 2. The topological polar surface area (TPSA) is 116 Å². The van der Waals surface area contributed by atoms with Crippen LogP contribution < -0.4 is 0 Å². The third-order valence-electron chi connectivity index (χ3n) is 5.18. The molecule has 1 saturated carbocycles. The van der Waals surface area contributed by atoms with Crippen molar-refractivity contribution in [2.45, 2.75) is 19.4 Å². The van der Waals surface area contributed by atoms with Gasteiger partial charge in [0, 0.05) is 12.0 Å². The highest BCUT2D eigenvalue weighted by Crippen LogP contribution is 2.59. The van der Waals surface area contributed by atoms with E-state index in [0.717, 1.165) is 18.1 Å². The van der Waals surface area contributed by atoms with Gasteiger partial charge in [-0.1, -0.05) is 18.2 Å². The van der Waals surface area contributed by atoms with E-state index in [9.17, 15) is 24.0 Å². The summed E-state index contributed by atoms with van der Waals surface area (Å²) in [6, 6.07) is 6.11. The molecule has 0 unspecified atom stereocenters. The monoisotopic (exact) mass is 415 g/mol. The largest absolute Gasteiger partial charge is 0.467 e. The average Bonchev–Trinajstić information content (AvgIpc) is 3.33. The average molecular weight is 415 g/mol. The molecule has 0 saturated heterocycles. The number of carbonyl (C=O) groups excluding carboxylic acids is 5. The molecular formula is C21H21NO8. The Balaban J connectivity index is 2.09. The highest BCUT2D eigenvalue weighted by atomic mass is 16.5. The first-order valence-electron chi connectivity index (χ1n) is 9.44. The van der Waals surface area contributed by atoms with Crippen molar-refractivity contribution in [3.63, 3.8) is 0 Å². The molecule has 9 heteroatoms. The zero-order valence-electron chi connectivity index (χ0n) is 16.7. The molecule has 0 N–H and O–H groups in total. The van der Waals surface area contributed by atoms with Gasteiger partial charge in [0.25, 0.3) is 11.8 Å². The zero-order valence-corrected chi connectivity index (χ0v) is 16.7. The highest BCUT2D eigenvalue weighted by molar-refractivity contribution is 6.24. The van der Waals surface area contributed by atoms with Gasteiger partial charge in [-0.3, -0.25) is 19.3 Å². The van der Waals surface area contributed by atoms with Crippen LogP contribution in [0.1, 0.15) is 34.6 Å². The van der Waals surface area contributed by atoms with Gasteiger partial charge in [-0.05, 0) is 26.0 Å². The van der Waals surface area contributed by atoms with Crippen LogP contribution in [0.3, 0.4) is 0 Å². The maximum absolute atomic E-state index is 13.1. The molecule has 1 fully saturated rings. The van der Waals surface area contributed by atoms with Crippen LogP contribution in [-0.4, -0.2) is 60.5 Å². The van der Waals surface area contributed by atoms with E-state index in [1.807, 2.05) is 0 Å². The summed E-state index contributed by atoms with van der Waals surface area (Å²) in [6.45, 7) is 3.38. The predicted octanol–water partition coefficient (Wildman–Crippen LogP) is 1.12. The first-order valence-corrected chi connectivity index (χ1v) is 9.44. The van der Waals surface area contributed by atoms with Gasteiger partial charge in [0.05, 0.1) is 31.5 Å². The van der Waals surface area contributed by atoms with Crippen LogP contribution in [0.25, 0.3) is 0 Å². The number of ether oxygens (including phenoxy) is 3. The van der Waals surface area contributed by atoms with Crippen molar-refractivity contribution in [3.05, 3.63) is 47.5 Å². The number of carbonyl (C=O) groups is 5. The number of rotatable bonds is 7. The number of hydrogen-bond acceptors (Lipinski definition) is 8. The molecule has 3 atom stereocenters. The molecule has 0 aromatic heterocycles. The third kappa shape index (κ3) is 3.06. The number of nitrogens with zero attached hydrogens (tertiary/aromatic N) is 1. The third-order valence-corrected chi connectivity index (χ3v) is 5.18. The number of imide groups is 1. The van der Waals surface area contributed by atoms with Gasteiger partial charge >= 0.3 is 17.9 Å². The Morgan fingerprint density at radius 2 is 1.60 bits per heavy atom. The minimum Gasteiger partial charge on any atom is -0.467 e. The Morgan fingerprint density at radius 1 is 1.03 bits per heavy atom. The van der Waals surface area contributed by atoms with E-state index in [1.54, 1.807) is 26.0 Å². The molecular weight excluding hydrogens is 394 g/mol. The van der Waals surface area contributed by atoms with Gasteiger partial charge in [-0.15, -0.1) is 0 Å². The van der Waals surface area contributed by atoms with Crippen molar-refractivity contribution in [2.75, 3.05) is 20.3 Å². The molecule has 9 nitrogen and oxygen atoms in total. The van der Waals surface area contributed by atoms with Gasteiger partial charge in [0.1, 0.15) is 5.92 Å². The van der Waals surface area contributed by atoms with Gasteiger partial charge in [0.15, 0.2) is 5.54 Å². The summed E-state index contributed by atoms with van der Waals surface area (Å²) in [5.74, 6) is -6.07. The Morgan fingerprint density at radius 3 is 2.10 bits per heavy atom. The molecule has 1 aliphatic heterocycles. The van der Waals surface area contributed by atoms with E-state index in [0.29, 0.717) is 0 Å². The minimum atomic E-state index is -1.95. The Bertz CT molecular complexity index is 917. The summed E-state index contributed by atoms with van der Waals surface area (Å²) in [5.41, 5.74) is -1.71. The van der Waals surface area contributed by atoms with Crippen LogP contribution >= 0.6 is 0 Å². The van der Waals surface area contributed by atoms with Gasteiger partial charge < -0.3 is 14.2 Å². The SMILES string of the molecule is CCOC(=O)/C=C\[C@H]1[C@H](C(=O)OCC)[C@]1(C(=O)OC)N1C(=O)c2ccccc2C1=O. The second kappa shape index (κ2) is 8.10. The van der Waals surface area contributed by atoms with E-state index in [-0.39, 0.29) is 24.3 Å². The molecule has 30 heavy (non-hydrogen) atoms. The molecule has 2 aliphatic rings. The molecule has 1 aliphatic carbocycles. The van der Waals surface area contributed by atoms with Gasteiger partial charge in [-0.2, -0.15) is 0 Å². The fraction of sp³-hybridized carbons (Fsp3) is 0.381. The zero-order chi connectivity index (χ0) is 22.1. The second-order valence-corrected chi connectivity index (χ2v) is 6.67. The van der Waals surface area contributed by atoms with Crippen LogP contribution in [-0.2, 0) is 28.6 Å². The lowest BCUT2D eigenvalue weighted by Gasteiger charge is -2.25. The first kappa shape index (κ1) is 21.2. The molecule has 1 aromatic rings. The maximum atomic E-state index is 13.1. The Labute approximate surface area is 172 Å². The molecule has 0 bridgehead atoms. The van der Waals surface area contributed by atoms with Crippen molar-refractivity contribution in [3.8, 4) is 0 Å². The van der Waals surface area contributed by atoms with Crippen molar-refractivity contribution < 1.29 is 38.2 Å². The number of benzene rings is 1. The van der Waals surface area contributed by atoms with Gasteiger partial charge in [-0.25, -0.2) is 9.59 Å². The lowest BCUT2D eigenvalue weighted by Crippen LogP contribution is -2.51. The summed E-state index contributed by atoms with van der Waals surface area (Å²) >= 11 is 0. The molecule has 0 radical (unpaired) electrons. The molecule has 158 valence electrons. The Hall–Kier alpha value is -3.49. The smallest absolute Gasteiger partial charge is 0.333 e. The summed E-state index contributed by atoms with van der Waals surface area (Å²) in [6.07, 6.45) is 2.34. The van der Waals surface area contributed by atoms with Crippen molar-refractivity contribution in [1.29, 1.82) is 0 Å². The van der Waals surface area contributed by atoms with E-state index >= 15 is 0 Å². The summed E-state index contributed by atoms with van der Waals surface area (Å²) in [4.78, 5) is 64.2. The number of fused-ring (bicyclic) bond motifs is 1. The lowest BCUT2D eigenvalue weighted by atomic mass is 10.1. The molecule has 0 spiro atoms. The van der Waals surface area contributed by atoms with Crippen molar-refractivity contribution >= 4 is 29.7 Å². The second-order valence-electron chi connectivity index (χ2n) is 6.67. The predicted molar refractivity (Wildman–Crippen MR) is 101 cm³/mol. The van der Waals surface area contributed by atoms with Crippen LogP contribution in [0, 0.1) is 11.8 Å². The molecule has 3 rings (SSSR count). The molecule has 2 amide bonds. The van der Waals surface area contributed by atoms with Crippen molar-refractivity contribution in [2.24, 2.45) is 11.8 Å². The summed E-state index contributed by atoms with van der Waals surface area (Å²) < 4.78 is 14.8. The first-order chi connectivity index (χ1) is 14.4. The van der Waals surface area contributed by atoms with Crippen LogP contribution in [0.2, 0.25) is 0 Å². The highest BCUT2D eigenvalue weighted by Gasteiger charge is 2.79. The summed E-state index contributed by atoms with van der Waals surface area (Å²) in [7, 11) is 1.09. The Kier molecular flexibility index (Phi) is 5.73. The fourth-order valence-electron chi connectivity index (χ4n) is 3.92. The lowest BCUT2D eigenvalue weighted by molar-refractivity contribution is -0.153. The fourth-order valence-corrected chi connectivity index (χ4v) is 3.92. The van der Waals surface area contributed by atoms with Crippen molar-refractivity contribution in [1.82, 2.24) is 4.90 Å². The standard InChI is InChI=1S/C21H21NO8/c1-4-29-15(23)11-10-14-16(19(26)30-5-2)21(14,20(27)28-3)22-17(24)12-8-6-7-9-13(12)18(22)25/h6-11,14,16H,4-5H2,1-3H3/b11-10-/t14-,16+,21+/m0/s1. The van der Waals surface area contributed by atoms with E-state index in [1.165, 1.54) is 18.2 Å². The number of methoxy groups -OCH3 is 1. The quantitative estimate of drug-likeness (QED) is 0.282. The summed E-state index contributed by atoms with van der Waals surface area (Å²) in [5, 5.41) is 0. The van der Waals surface area contributed by atoms with E-state index in [2.05, 4.69) is 0 Å². The normalized spacial score (nSPS) is 24.6. The number of hydrogen-bond donors (Lipinski definition) is 0. The van der Waals surface area contributed by atoms with E-state index in [4.69, 9.17) is 14.2 Å². The number of esters is 3. The van der Waals surface area contributed by atoms with Gasteiger partial charge in [0.2, 0.25) is 0 Å². The van der Waals surface area contributed by atoms with Crippen LogP contribution in [0.15, 0.2) is 36.4 Å². The molecule has 1 heterocycles.